The second kappa shape index (κ2) is 172. The SMILES string of the molecule is O.O.O.O.O.O.[Ca+2].[I-]. The van der Waals surface area contributed by atoms with Crippen molar-refractivity contribution in [3.63, 3.8) is 0 Å². The molecule has 56 valence electrons. The number of halogens is 1. The van der Waals surface area contributed by atoms with Gasteiger partial charge in [-0.3, -0.25) is 0 Å². The molecule has 6 nitrogen and oxygen atoms in total. The van der Waals surface area contributed by atoms with Crippen LogP contribution in [0, 0.1) is 0 Å². The van der Waals surface area contributed by atoms with Crippen LogP contribution in [0.4, 0.5) is 0 Å². The smallest absolute Gasteiger partial charge is 1.00 e. The van der Waals surface area contributed by atoms with Crippen LogP contribution < -0.4 is 24.0 Å². The van der Waals surface area contributed by atoms with Gasteiger partial charge in [-0.2, -0.15) is 0 Å². The molecule has 0 unspecified atom stereocenters. The Morgan fingerprint density at radius 2 is 0.375 bits per heavy atom. The summed E-state index contributed by atoms with van der Waals surface area (Å²) >= 11 is 0. The molecule has 0 aromatic rings. The van der Waals surface area contributed by atoms with E-state index in [1.807, 2.05) is 0 Å². The van der Waals surface area contributed by atoms with Crippen molar-refractivity contribution in [2.75, 3.05) is 0 Å². The summed E-state index contributed by atoms with van der Waals surface area (Å²) in [7, 11) is 0. The molecule has 0 spiro atoms. The molecule has 0 fully saturated rings. The summed E-state index contributed by atoms with van der Waals surface area (Å²) in [5, 5.41) is 0. The Hall–Kier alpha value is 1.75. The Bertz CT molecular complexity index is 8.49. The quantitative estimate of drug-likeness (QED) is 0.300. The Balaban J connectivity index is 0. The van der Waals surface area contributed by atoms with Crippen molar-refractivity contribution in [2.24, 2.45) is 0 Å². The fourth-order valence-corrected chi connectivity index (χ4v) is 0. The Labute approximate surface area is 93.5 Å². The average molecular weight is 275 g/mol. The van der Waals surface area contributed by atoms with E-state index >= 15 is 0 Å². The summed E-state index contributed by atoms with van der Waals surface area (Å²) in [6.45, 7) is 0. The van der Waals surface area contributed by atoms with Crippen LogP contribution in [0.1, 0.15) is 0 Å². The summed E-state index contributed by atoms with van der Waals surface area (Å²) in [5.41, 5.74) is 0. The molecule has 0 amide bonds. The van der Waals surface area contributed by atoms with E-state index in [-0.39, 0.29) is 94.6 Å². The summed E-state index contributed by atoms with van der Waals surface area (Å²) in [6.07, 6.45) is 0. The molecule has 0 heterocycles. The normalized spacial score (nSPS) is 0. The van der Waals surface area contributed by atoms with Gasteiger partial charge in [0, 0.05) is 0 Å². The van der Waals surface area contributed by atoms with Crippen LogP contribution in [0.2, 0.25) is 0 Å². The van der Waals surface area contributed by atoms with E-state index in [0.29, 0.717) is 0 Å². The van der Waals surface area contributed by atoms with E-state index in [2.05, 4.69) is 0 Å². The molecular formula is H12CaIO6+. The van der Waals surface area contributed by atoms with Gasteiger partial charge in [-0.15, -0.1) is 0 Å². The number of hydrogen-bond donors (Lipinski definition) is 0. The molecule has 0 saturated carbocycles. The zero-order chi connectivity index (χ0) is 0. The molecule has 0 bridgehead atoms. The first-order valence-corrected chi connectivity index (χ1v) is 0. The maximum Gasteiger partial charge on any atom is 2.00 e. The summed E-state index contributed by atoms with van der Waals surface area (Å²) in [4.78, 5) is 0. The van der Waals surface area contributed by atoms with Crippen LogP contribution in [0.3, 0.4) is 0 Å². The third-order valence-electron chi connectivity index (χ3n) is 0. The minimum absolute atomic E-state index is 0. The first kappa shape index (κ1) is 244. The van der Waals surface area contributed by atoms with Gasteiger partial charge in [0.2, 0.25) is 0 Å². The molecule has 0 aliphatic heterocycles. The van der Waals surface area contributed by atoms with Gasteiger partial charge in [-0.1, -0.05) is 0 Å². The van der Waals surface area contributed by atoms with Crippen molar-refractivity contribution in [1.82, 2.24) is 0 Å². The maximum atomic E-state index is 0. The van der Waals surface area contributed by atoms with Gasteiger partial charge < -0.3 is 56.8 Å². The summed E-state index contributed by atoms with van der Waals surface area (Å²) in [5.74, 6) is 0. The molecule has 8 heteroatoms. The van der Waals surface area contributed by atoms with Crippen molar-refractivity contribution in [1.29, 1.82) is 0 Å². The molecule has 0 rings (SSSR count). The standard InChI is InChI=1S/Ca.HI.6H2O/h;1H;6*1H2/q+2;;;;;;;/p-1. The molecular weight excluding hydrogens is 263 g/mol. The molecule has 12 N–H and O–H groups in total. The predicted molar refractivity (Wildman–Crippen MR) is 27.4 cm³/mol. The molecule has 8 heavy (non-hydrogen) atoms. The molecule has 0 saturated heterocycles. The monoisotopic (exact) mass is 275 g/mol. The van der Waals surface area contributed by atoms with E-state index in [4.69, 9.17) is 0 Å². The van der Waals surface area contributed by atoms with Gasteiger partial charge >= 0.3 is 37.7 Å². The molecule has 0 radical (unpaired) electrons. The van der Waals surface area contributed by atoms with Crippen LogP contribution in [0.5, 0.6) is 0 Å². The van der Waals surface area contributed by atoms with Crippen molar-refractivity contribution >= 4 is 37.7 Å². The van der Waals surface area contributed by atoms with Crippen LogP contribution in [0.25, 0.3) is 0 Å². The van der Waals surface area contributed by atoms with Crippen LogP contribution in [-0.2, 0) is 0 Å². The Kier molecular flexibility index (Phi) is 5230. The molecule has 0 aromatic carbocycles. The summed E-state index contributed by atoms with van der Waals surface area (Å²) < 4.78 is 0. The molecule has 0 aromatic heterocycles. The van der Waals surface area contributed by atoms with Crippen molar-refractivity contribution in [3.8, 4) is 0 Å². The van der Waals surface area contributed by atoms with Crippen LogP contribution >= 0.6 is 0 Å². The van der Waals surface area contributed by atoms with Gasteiger partial charge in [0.15, 0.2) is 0 Å². The number of hydrogen-bond acceptors (Lipinski definition) is 0. The predicted octanol–water partition coefficient (Wildman–Crippen LogP) is -8.32. The minimum Gasteiger partial charge on any atom is -1.00 e. The second-order valence-corrected chi connectivity index (χ2v) is 0. The number of rotatable bonds is 0. The minimum atomic E-state index is 0. The van der Waals surface area contributed by atoms with Crippen LogP contribution in [0.15, 0.2) is 0 Å². The van der Waals surface area contributed by atoms with E-state index < -0.39 is 0 Å². The summed E-state index contributed by atoms with van der Waals surface area (Å²) in [6, 6.07) is 0. The fourth-order valence-electron chi connectivity index (χ4n) is 0. The van der Waals surface area contributed by atoms with Gasteiger partial charge in [-0.05, 0) is 0 Å². The Morgan fingerprint density at radius 1 is 0.375 bits per heavy atom. The van der Waals surface area contributed by atoms with Crippen molar-refractivity contribution in [3.05, 3.63) is 0 Å². The molecule has 0 aliphatic carbocycles. The third kappa shape index (κ3) is 115. The van der Waals surface area contributed by atoms with E-state index in [1.165, 1.54) is 0 Å². The van der Waals surface area contributed by atoms with E-state index in [1.54, 1.807) is 0 Å². The van der Waals surface area contributed by atoms with E-state index in [0.717, 1.165) is 0 Å². The average Bonchev–Trinajstić information content (AvgIpc) is 0. The van der Waals surface area contributed by atoms with Crippen LogP contribution in [-0.4, -0.2) is 70.6 Å². The van der Waals surface area contributed by atoms with Crippen molar-refractivity contribution < 1.29 is 56.8 Å². The van der Waals surface area contributed by atoms with E-state index in [9.17, 15) is 0 Å². The van der Waals surface area contributed by atoms with Gasteiger partial charge in [0.25, 0.3) is 0 Å². The van der Waals surface area contributed by atoms with Gasteiger partial charge in [0.05, 0.1) is 0 Å². The maximum absolute atomic E-state index is 0. The van der Waals surface area contributed by atoms with Gasteiger partial charge in [-0.25, -0.2) is 0 Å². The fraction of sp³-hybridized carbons (Fsp3) is 0. The molecule has 0 atom stereocenters. The first-order chi connectivity index (χ1) is 0. The topological polar surface area (TPSA) is 189 Å². The third-order valence-corrected chi connectivity index (χ3v) is 0. The van der Waals surface area contributed by atoms with Crippen molar-refractivity contribution in [2.45, 2.75) is 0 Å². The first-order valence-electron chi connectivity index (χ1n) is 0. The second-order valence-electron chi connectivity index (χ2n) is 0. The Morgan fingerprint density at radius 3 is 0.375 bits per heavy atom. The largest absolute Gasteiger partial charge is 2.00 e. The van der Waals surface area contributed by atoms with Gasteiger partial charge in [0.1, 0.15) is 0 Å². The molecule has 0 aliphatic rings. The zero-order valence-corrected chi connectivity index (χ0v) is 8.45. The zero-order valence-electron chi connectivity index (χ0n) is 4.09.